The molecule has 2 aromatic rings. The Morgan fingerprint density at radius 2 is 2.14 bits per heavy atom. The summed E-state index contributed by atoms with van der Waals surface area (Å²) in [6.45, 7) is 4.04. The van der Waals surface area contributed by atoms with E-state index in [1.54, 1.807) is 6.26 Å². The number of ether oxygens (including phenoxy) is 1. The molecule has 0 saturated heterocycles. The van der Waals surface area contributed by atoms with Gasteiger partial charge >= 0.3 is 0 Å². The molecule has 0 atom stereocenters. The molecule has 0 radical (unpaired) electrons. The Kier molecular flexibility index (Phi) is 4.78. The largest absolute Gasteiger partial charge is 0.464 e. The van der Waals surface area contributed by atoms with E-state index in [4.69, 9.17) is 9.15 Å². The van der Waals surface area contributed by atoms with E-state index in [1.165, 1.54) is 17.5 Å². The standard InChI is InChI=1S/C18H23NO3/c1-2-21-8-4-7-19-18(20)11-15-12-22-17-10-14-6-3-5-13(14)9-16(15)17/h9-10,12H,2-8,11H2,1H3,(H,19,20). The third-order valence-corrected chi connectivity index (χ3v) is 4.21. The van der Waals surface area contributed by atoms with E-state index in [0.717, 1.165) is 42.4 Å². The van der Waals surface area contributed by atoms with Crippen molar-refractivity contribution in [3.8, 4) is 0 Å². The molecule has 1 N–H and O–H groups in total. The first kappa shape index (κ1) is 15.1. The van der Waals surface area contributed by atoms with Crippen molar-refractivity contribution in [3.63, 3.8) is 0 Å². The van der Waals surface area contributed by atoms with Crippen LogP contribution in [0.25, 0.3) is 11.0 Å². The van der Waals surface area contributed by atoms with Crippen LogP contribution in [0.4, 0.5) is 0 Å². The minimum atomic E-state index is 0.0414. The van der Waals surface area contributed by atoms with Crippen LogP contribution in [0.3, 0.4) is 0 Å². The van der Waals surface area contributed by atoms with Crippen molar-refractivity contribution >= 4 is 16.9 Å². The minimum absolute atomic E-state index is 0.0414. The molecule has 118 valence electrons. The quantitative estimate of drug-likeness (QED) is 0.800. The van der Waals surface area contributed by atoms with Gasteiger partial charge in [-0.1, -0.05) is 0 Å². The van der Waals surface area contributed by atoms with E-state index >= 15 is 0 Å². The maximum atomic E-state index is 12.0. The first-order valence-corrected chi connectivity index (χ1v) is 8.14. The Morgan fingerprint density at radius 1 is 1.32 bits per heavy atom. The predicted molar refractivity (Wildman–Crippen MR) is 86.1 cm³/mol. The molecule has 4 heteroatoms. The molecule has 22 heavy (non-hydrogen) atoms. The molecule has 1 aromatic carbocycles. The number of furan rings is 1. The second-order valence-corrected chi connectivity index (χ2v) is 5.81. The van der Waals surface area contributed by atoms with Crippen LogP contribution in [0.2, 0.25) is 0 Å². The number of hydrogen-bond donors (Lipinski definition) is 1. The average Bonchev–Trinajstić information content (AvgIpc) is 3.12. The maximum absolute atomic E-state index is 12.0. The molecule has 1 heterocycles. The fraction of sp³-hybridized carbons (Fsp3) is 0.500. The molecule has 0 unspecified atom stereocenters. The van der Waals surface area contributed by atoms with Crippen LogP contribution in [0, 0.1) is 0 Å². The Bertz CT molecular complexity index is 660. The molecular weight excluding hydrogens is 278 g/mol. The van der Waals surface area contributed by atoms with Crippen molar-refractivity contribution in [1.82, 2.24) is 5.32 Å². The van der Waals surface area contributed by atoms with Crippen molar-refractivity contribution < 1.29 is 13.9 Å². The number of carbonyl (C=O) groups excluding carboxylic acids is 1. The van der Waals surface area contributed by atoms with Gasteiger partial charge in [0.1, 0.15) is 5.58 Å². The normalized spacial score (nSPS) is 13.5. The first-order chi connectivity index (χ1) is 10.8. The number of nitrogens with one attached hydrogen (secondary N) is 1. The van der Waals surface area contributed by atoms with Gasteiger partial charge in [0.2, 0.25) is 5.91 Å². The summed E-state index contributed by atoms with van der Waals surface area (Å²) < 4.78 is 10.9. The predicted octanol–water partition coefficient (Wildman–Crippen LogP) is 3.01. The molecule has 0 spiro atoms. The van der Waals surface area contributed by atoms with Gasteiger partial charge < -0.3 is 14.5 Å². The van der Waals surface area contributed by atoms with Gasteiger partial charge in [-0.05, 0) is 55.9 Å². The number of amides is 1. The molecule has 1 aliphatic carbocycles. The maximum Gasteiger partial charge on any atom is 0.224 e. The van der Waals surface area contributed by atoms with Crippen LogP contribution in [-0.4, -0.2) is 25.7 Å². The van der Waals surface area contributed by atoms with Crippen molar-refractivity contribution in [2.45, 2.75) is 39.0 Å². The number of hydrogen-bond acceptors (Lipinski definition) is 3. The summed E-state index contributed by atoms with van der Waals surface area (Å²) >= 11 is 0. The summed E-state index contributed by atoms with van der Waals surface area (Å²) in [5, 5.41) is 4.02. The molecule has 3 rings (SSSR count). The number of benzene rings is 1. The van der Waals surface area contributed by atoms with Gasteiger partial charge in [-0.15, -0.1) is 0 Å². The highest BCUT2D eigenvalue weighted by atomic mass is 16.5. The highest BCUT2D eigenvalue weighted by Gasteiger charge is 2.16. The molecule has 1 aliphatic rings. The van der Waals surface area contributed by atoms with Gasteiger partial charge in [0.05, 0.1) is 12.7 Å². The van der Waals surface area contributed by atoms with E-state index < -0.39 is 0 Å². The summed E-state index contributed by atoms with van der Waals surface area (Å²) in [5.41, 5.74) is 4.69. The highest BCUT2D eigenvalue weighted by molar-refractivity contribution is 5.88. The van der Waals surface area contributed by atoms with E-state index in [2.05, 4.69) is 17.4 Å². The van der Waals surface area contributed by atoms with Crippen LogP contribution in [0.1, 0.15) is 36.5 Å². The summed E-state index contributed by atoms with van der Waals surface area (Å²) in [7, 11) is 0. The lowest BCUT2D eigenvalue weighted by Crippen LogP contribution is -2.26. The second kappa shape index (κ2) is 6.97. The summed E-state index contributed by atoms with van der Waals surface area (Å²) in [6, 6.07) is 4.35. The lowest BCUT2D eigenvalue weighted by molar-refractivity contribution is -0.120. The van der Waals surface area contributed by atoms with Gasteiger partial charge in [0.15, 0.2) is 0 Å². The van der Waals surface area contributed by atoms with Crippen LogP contribution in [-0.2, 0) is 28.8 Å². The zero-order valence-corrected chi connectivity index (χ0v) is 13.1. The van der Waals surface area contributed by atoms with E-state index in [1.807, 2.05) is 6.92 Å². The molecule has 1 amide bonds. The van der Waals surface area contributed by atoms with Crippen molar-refractivity contribution in [2.24, 2.45) is 0 Å². The van der Waals surface area contributed by atoms with Crippen LogP contribution in [0.15, 0.2) is 22.8 Å². The Morgan fingerprint density at radius 3 is 2.95 bits per heavy atom. The van der Waals surface area contributed by atoms with Gasteiger partial charge in [0.25, 0.3) is 0 Å². The summed E-state index contributed by atoms with van der Waals surface area (Å²) in [4.78, 5) is 12.0. The first-order valence-electron chi connectivity index (χ1n) is 8.14. The van der Waals surface area contributed by atoms with Crippen molar-refractivity contribution in [1.29, 1.82) is 0 Å². The van der Waals surface area contributed by atoms with Gasteiger partial charge in [-0.25, -0.2) is 0 Å². The fourth-order valence-corrected chi connectivity index (χ4v) is 3.07. The summed E-state index contributed by atoms with van der Waals surface area (Å²) in [6.07, 6.45) is 6.44. The van der Waals surface area contributed by atoms with Gasteiger partial charge in [0, 0.05) is 30.7 Å². The van der Waals surface area contributed by atoms with Crippen molar-refractivity contribution in [2.75, 3.05) is 19.8 Å². The lowest BCUT2D eigenvalue weighted by Gasteiger charge is -2.05. The topological polar surface area (TPSA) is 51.5 Å². The third kappa shape index (κ3) is 3.33. The number of fused-ring (bicyclic) bond motifs is 2. The third-order valence-electron chi connectivity index (χ3n) is 4.21. The molecule has 4 nitrogen and oxygen atoms in total. The Hall–Kier alpha value is -1.81. The van der Waals surface area contributed by atoms with E-state index in [0.29, 0.717) is 19.6 Å². The summed E-state index contributed by atoms with van der Waals surface area (Å²) in [5.74, 6) is 0.0414. The van der Waals surface area contributed by atoms with E-state index in [9.17, 15) is 4.79 Å². The van der Waals surface area contributed by atoms with Crippen molar-refractivity contribution in [3.05, 3.63) is 35.1 Å². The molecule has 0 fully saturated rings. The minimum Gasteiger partial charge on any atom is -0.464 e. The lowest BCUT2D eigenvalue weighted by atomic mass is 10.0. The van der Waals surface area contributed by atoms with Gasteiger partial charge in [-0.3, -0.25) is 4.79 Å². The smallest absolute Gasteiger partial charge is 0.224 e. The number of aryl methyl sites for hydroxylation is 2. The van der Waals surface area contributed by atoms with Crippen LogP contribution >= 0.6 is 0 Å². The number of rotatable bonds is 7. The van der Waals surface area contributed by atoms with Gasteiger partial charge in [-0.2, -0.15) is 0 Å². The zero-order valence-electron chi connectivity index (χ0n) is 13.1. The van der Waals surface area contributed by atoms with E-state index in [-0.39, 0.29) is 5.91 Å². The Labute approximate surface area is 130 Å². The number of carbonyl (C=O) groups is 1. The zero-order chi connectivity index (χ0) is 15.4. The SMILES string of the molecule is CCOCCCNC(=O)Cc1coc2cc3c(cc12)CCC3. The molecule has 0 saturated carbocycles. The molecule has 0 aliphatic heterocycles. The molecule has 1 aromatic heterocycles. The monoisotopic (exact) mass is 301 g/mol. The average molecular weight is 301 g/mol. The van der Waals surface area contributed by atoms with Crippen LogP contribution < -0.4 is 5.32 Å². The molecule has 0 bridgehead atoms. The fourth-order valence-electron chi connectivity index (χ4n) is 3.07. The van der Waals surface area contributed by atoms with Crippen LogP contribution in [0.5, 0.6) is 0 Å². The second-order valence-electron chi connectivity index (χ2n) is 5.81. The Balaban J connectivity index is 1.60. The highest BCUT2D eigenvalue weighted by Crippen LogP contribution is 2.30. The molecular formula is C18H23NO3.